The van der Waals surface area contributed by atoms with E-state index < -0.39 is 0 Å². The number of nitrogens with one attached hydrogen (secondary N) is 1. The van der Waals surface area contributed by atoms with Crippen LogP contribution in [-0.2, 0) is 0 Å². The topological polar surface area (TPSA) is 15.3 Å². The first kappa shape index (κ1) is 12.0. The summed E-state index contributed by atoms with van der Waals surface area (Å²) >= 11 is 0. The minimum absolute atomic E-state index is 0.693. The number of likely N-dealkylation sites (tertiary alicyclic amines) is 1. The van der Waals surface area contributed by atoms with Gasteiger partial charge >= 0.3 is 0 Å². The standard InChI is InChI=1S/C12H26N2/c1-6-12(9(2)3)13-11-7-10(4)14(5)8-11/h9-13H,6-8H2,1-5H3. The second kappa shape index (κ2) is 5.13. The maximum atomic E-state index is 3.78. The molecule has 1 heterocycles. The summed E-state index contributed by atoms with van der Waals surface area (Å²) in [5.74, 6) is 0.751. The van der Waals surface area contributed by atoms with Crippen LogP contribution >= 0.6 is 0 Å². The normalized spacial score (nSPS) is 31.3. The quantitative estimate of drug-likeness (QED) is 0.744. The fraction of sp³-hybridized carbons (Fsp3) is 1.00. The Balaban J connectivity index is 2.37. The molecule has 14 heavy (non-hydrogen) atoms. The molecule has 2 heteroatoms. The van der Waals surface area contributed by atoms with Gasteiger partial charge in [-0.25, -0.2) is 0 Å². The van der Waals surface area contributed by atoms with Gasteiger partial charge in [-0.2, -0.15) is 0 Å². The maximum absolute atomic E-state index is 3.78. The summed E-state index contributed by atoms with van der Waals surface area (Å²) in [5.41, 5.74) is 0. The van der Waals surface area contributed by atoms with Crippen molar-refractivity contribution in [2.24, 2.45) is 5.92 Å². The molecule has 0 saturated carbocycles. The van der Waals surface area contributed by atoms with Crippen molar-refractivity contribution in [2.75, 3.05) is 13.6 Å². The van der Waals surface area contributed by atoms with Crippen molar-refractivity contribution in [3.8, 4) is 0 Å². The molecular weight excluding hydrogens is 172 g/mol. The van der Waals surface area contributed by atoms with Gasteiger partial charge in [0.05, 0.1) is 0 Å². The van der Waals surface area contributed by atoms with Crippen molar-refractivity contribution < 1.29 is 0 Å². The van der Waals surface area contributed by atoms with Gasteiger partial charge in [0, 0.05) is 24.7 Å². The molecule has 0 amide bonds. The third-order valence-electron chi connectivity index (χ3n) is 3.58. The number of hydrogen-bond donors (Lipinski definition) is 1. The molecule has 0 aromatic carbocycles. The molecule has 0 radical (unpaired) electrons. The molecule has 1 aliphatic heterocycles. The maximum Gasteiger partial charge on any atom is 0.0212 e. The van der Waals surface area contributed by atoms with Crippen molar-refractivity contribution in [1.29, 1.82) is 0 Å². The highest BCUT2D eigenvalue weighted by atomic mass is 15.2. The van der Waals surface area contributed by atoms with Gasteiger partial charge in [0.25, 0.3) is 0 Å². The van der Waals surface area contributed by atoms with Gasteiger partial charge in [0.15, 0.2) is 0 Å². The summed E-state index contributed by atoms with van der Waals surface area (Å²) in [6.07, 6.45) is 2.55. The molecule has 3 unspecified atom stereocenters. The van der Waals surface area contributed by atoms with Crippen LogP contribution in [0.1, 0.15) is 40.5 Å². The van der Waals surface area contributed by atoms with Crippen molar-refractivity contribution in [3.05, 3.63) is 0 Å². The van der Waals surface area contributed by atoms with Crippen LogP contribution < -0.4 is 5.32 Å². The lowest BCUT2D eigenvalue weighted by Crippen LogP contribution is -2.42. The second-order valence-corrected chi connectivity index (χ2v) is 5.15. The minimum Gasteiger partial charge on any atom is -0.310 e. The van der Waals surface area contributed by atoms with Crippen molar-refractivity contribution in [2.45, 2.75) is 58.7 Å². The van der Waals surface area contributed by atoms with Gasteiger partial charge in [-0.05, 0) is 32.7 Å². The Morgan fingerprint density at radius 3 is 2.43 bits per heavy atom. The Kier molecular flexibility index (Phi) is 4.39. The highest BCUT2D eigenvalue weighted by molar-refractivity contribution is 4.87. The molecule has 2 nitrogen and oxygen atoms in total. The molecule has 1 fully saturated rings. The van der Waals surface area contributed by atoms with Crippen molar-refractivity contribution >= 4 is 0 Å². The van der Waals surface area contributed by atoms with Crippen molar-refractivity contribution in [3.63, 3.8) is 0 Å². The van der Waals surface area contributed by atoms with Crippen LogP contribution in [-0.4, -0.2) is 36.6 Å². The van der Waals surface area contributed by atoms with E-state index in [2.05, 4.69) is 45.0 Å². The third kappa shape index (κ3) is 2.96. The molecule has 1 N–H and O–H groups in total. The Hall–Kier alpha value is -0.0800. The second-order valence-electron chi connectivity index (χ2n) is 5.15. The van der Waals surface area contributed by atoms with E-state index in [0.717, 1.165) is 12.0 Å². The van der Waals surface area contributed by atoms with E-state index >= 15 is 0 Å². The Morgan fingerprint density at radius 1 is 1.43 bits per heavy atom. The van der Waals surface area contributed by atoms with Crippen molar-refractivity contribution in [1.82, 2.24) is 10.2 Å². The molecular formula is C12H26N2. The van der Waals surface area contributed by atoms with Crippen LogP contribution in [0, 0.1) is 5.92 Å². The van der Waals surface area contributed by atoms with Crippen LogP contribution in [0.25, 0.3) is 0 Å². The van der Waals surface area contributed by atoms with Gasteiger partial charge in [0.2, 0.25) is 0 Å². The first-order valence-corrected chi connectivity index (χ1v) is 6.00. The van der Waals surface area contributed by atoms with E-state index in [-0.39, 0.29) is 0 Å². The number of likely N-dealkylation sites (N-methyl/N-ethyl adjacent to an activating group) is 1. The van der Waals surface area contributed by atoms with Gasteiger partial charge < -0.3 is 10.2 Å². The average Bonchev–Trinajstić information content (AvgIpc) is 2.41. The Bertz CT molecular complexity index is 158. The van der Waals surface area contributed by atoms with Crippen LogP contribution in [0.5, 0.6) is 0 Å². The average molecular weight is 198 g/mol. The summed E-state index contributed by atoms with van der Waals surface area (Å²) in [6, 6.07) is 2.15. The van der Waals surface area contributed by atoms with E-state index in [1.165, 1.54) is 19.4 Å². The zero-order valence-electron chi connectivity index (χ0n) is 10.4. The zero-order chi connectivity index (χ0) is 10.7. The lowest BCUT2D eigenvalue weighted by Gasteiger charge is -2.25. The summed E-state index contributed by atoms with van der Waals surface area (Å²) in [4.78, 5) is 2.45. The van der Waals surface area contributed by atoms with Crippen LogP contribution in [0.4, 0.5) is 0 Å². The molecule has 0 bridgehead atoms. The van der Waals surface area contributed by atoms with E-state index in [1.807, 2.05) is 0 Å². The molecule has 1 rings (SSSR count). The number of hydrogen-bond acceptors (Lipinski definition) is 2. The van der Waals surface area contributed by atoms with Crippen LogP contribution in [0.3, 0.4) is 0 Å². The van der Waals surface area contributed by atoms with E-state index in [1.54, 1.807) is 0 Å². The molecule has 84 valence electrons. The van der Waals surface area contributed by atoms with Crippen LogP contribution in [0.15, 0.2) is 0 Å². The summed E-state index contributed by atoms with van der Waals surface area (Å²) in [5, 5.41) is 3.78. The fourth-order valence-electron chi connectivity index (χ4n) is 2.40. The lowest BCUT2D eigenvalue weighted by atomic mass is 10.0. The monoisotopic (exact) mass is 198 g/mol. The predicted molar refractivity (Wildman–Crippen MR) is 62.5 cm³/mol. The minimum atomic E-state index is 0.693. The van der Waals surface area contributed by atoms with Crippen LogP contribution in [0.2, 0.25) is 0 Å². The lowest BCUT2D eigenvalue weighted by molar-refractivity contribution is 0.314. The zero-order valence-corrected chi connectivity index (χ0v) is 10.4. The first-order valence-electron chi connectivity index (χ1n) is 6.00. The largest absolute Gasteiger partial charge is 0.310 e. The summed E-state index contributed by atoms with van der Waals surface area (Å²) in [7, 11) is 2.22. The molecule has 0 aromatic heterocycles. The number of nitrogens with zero attached hydrogens (tertiary/aromatic N) is 1. The molecule has 3 atom stereocenters. The molecule has 0 aliphatic carbocycles. The highest BCUT2D eigenvalue weighted by Gasteiger charge is 2.27. The van der Waals surface area contributed by atoms with E-state index in [0.29, 0.717) is 12.1 Å². The molecule has 1 saturated heterocycles. The van der Waals surface area contributed by atoms with Gasteiger partial charge in [-0.3, -0.25) is 0 Å². The summed E-state index contributed by atoms with van der Waals surface area (Å²) in [6.45, 7) is 10.4. The highest BCUT2D eigenvalue weighted by Crippen LogP contribution is 2.17. The van der Waals surface area contributed by atoms with Gasteiger partial charge in [0.1, 0.15) is 0 Å². The van der Waals surface area contributed by atoms with E-state index in [4.69, 9.17) is 0 Å². The van der Waals surface area contributed by atoms with E-state index in [9.17, 15) is 0 Å². The third-order valence-corrected chi connectivity index (χ3v) is 3.58. The summed E-state index contributed by atoms with van der Waals surface area (Å²) < 4.78 is 0. The smallest absolute Gasteiger partial charge is 0.0212 e. The molecule has 0 spiro atoms. The fourth-order valence-corrected chi connectivity index (χ4v) is 2.40. The van der Waals surface area contributed by atoms with Gasteiger partial charge in [-0.1, -0.05) is 20.8 Å². The molecule has 0 aromatic rings. The van der Waals surface area contributed by atoms with Gasteiger partial charge in [-0.15, -0.1) is 0 Å². The number of rotatable bonds is 4. The molecule has 1 aliphatic rings. The SMILES string of the molecule is CCC(NC1CC(C)N(C)C1)C(C)C. The Labute approximate surface area is 89.1 Å². The predicted octanol–water partition coefficient (Wildman–Crippen LogP) is 2.10. The first-order chi connectivity index (χ1) is 6.54. The Morgan fingerprint density at radius 2 is 2.07 bits per heavy atom.